The van der Waals surface area contributed by atoms with Crippen LogP contribution in [0.25, 0.3) is 11.1 Å². The van der Waals surface area contributed by atoms with Crippen molar-refractivity contribution in [2.24, 2.45) is 5.73 Å². The van der Waals surface area contributed by atoms with Crippen LogP contribution in [-0.4, -0.2) is 36.9 Å². The Morgan fingerprint density at radius 2 is 1.70 bits per heavy atom. The Morgan fingerprint density at radius 3 is 2.26 bits per heavy atom. The molecule has 0 saturated heterocycles. The van der Waals surface area contributed by atoms with Gasteiger partial charge >= 0.3 is 0 Å². The molecule has 2 rings (SSSR count). The van der Waals surface area contributed by atoms with Crippen molar-refractivity contribution in [3.8, 4) is 16.9 Å². The number of hydrogen-bond acceptors (Lipinski definition) is 3. The molecule has 23 heavy (non-hydrogen) atoms. The van der Waals surface area contributed by atoms with Crippen molar-refractivity contribution in [3.05, 3.63) is 54.1 Å². The molecule has 2 amide bonds. The fraction of sp³-hybridized carbons (Fsp3) is 0.222. The third-order valence-corrected chi connectivity index (χ3v) is 3.42. The monoisotopic (exact) mass is 312 g/mol. The Kier molecular flexibility index (Phi) is 5.01. The van der Waals surface area contributed by atoms with E-state index < -0.39 is 12.0 Å². The highest BCUT2D eigenvalue weighted by Crippen LogP contribution is 2.25. The Balaban J connectivity index is 2.22. The van der Waals surface area contributed by atoms with E-state index in [1.165, 1.54) is 4.90 Å². The lowest BCUT2D eigenvalue weighted by molar-refractivity contribution is -0.123. The highest BCUT2D eigenvalue weighted by atomic mass is 16.5. The maximum absolute atomic E-state index is 11.9. The molecule has 1 unspecified atom stereocenters. The molecule has 0 fully saturated rings. The van der Waals surface area contributed by atoms with E-state index in [2.05, 4.69) is 0 Å². The second-order valence-electron chi connectivity index (χ2n) is 5.47. The maximum Gasteiger partial charge on any atom is 0.258 e. The molecule has 1 atom stereocenters. The first kappa shape index (κ1) is 16.5. The van der Waals surface area contributed by atoms with Crippen molar-refractivity contribution in [2.45, 2.75) is 13.0 Å². The molecule has 0 saturated carbocycles. The van der Waals surface area contributed by atoms with Gasteiger partial charge in [-0.25, -0.2) is 0 Å². The summed E-state index contributed by atoms with van der Waals surface area (Å²) in [6, 6.07) is 14.7. The van der Waals surface area contributed by atoms with Gasteiger partial charge in [-0.15, -0.1) is 0 Å². The molecular weight excluding hydrogens is 292 g/mol. The van der Waals surface area contributed by atoms with E-state index in [-0.39, 0.29) is 5.91 Å². The molecule has 2 aromatic carbocycles. The Hall–Kier alpha value is -2.82. The van der Waals surface area contributed by atoms with Gasteiger partial charge in [0.15, 0.2) is 6.10 Å². The molecule has 0 aromatic heterocycles. The molecule has 0 heterocycles. The first-order valence-corrected chi connectivity index (χ1v) is 7.26. The number of nitrogens with zero attached hydrogens (tertiary/aromatic N) is 1. The number of rotatable bonds is 5. The molecule has 0 bridgehead atoms. The summed E-state index contributed by atoms with van der Waals surface area (Å²) in [6.45, 7) is 1.61. The minimum Gasteiger partial charge on any atom is -0.481 e. The summed E-state index contributed by atoms with van der Waals surface area (Å²) >= 11 is 0. The average Bonchev–Trinajstić information content (AvgIpc) is 2.54. The van der Waals surface area contributed by atoms with Crippen LogP contribution in [0, 0.1) is 0 Å². The fourth-order valence-corrected chi connectivity index (χ4v) is 2.07. The van der Waals surface area contributed by atoms with Crippen LogP contribution in [0.2, 0.25) is 0 Å². The van der Waals surface area contributed by atoms with Crippen LogP contribution >= 0.6 is 0 Å². The van der Waals surface area contributed by atoms with E-state index in [0.717, 1.165) is 11.1 Å². The summed E-state index contributed by atoms with van der Waals surface area (Å²) in [4.78, 5) is 24.5. The summed E-state index contributed by atoms with van der Waals surface area (Å²) in [7, 11) is 3.44. The van der Waals surface area contributed by atoms with Gasteiger partial charge in [-0.05, 0) is 42.3 Å². The maximum atomic E-state index is 11.9. The van der Waals surface area contributed by atoms with Crippen molar-refractivity contribution in [1.82, 2.24) is 4.90 Å². The smallest absolute Gasteiger partial charge is 0.258 e. The molecule has 120 valence electrons. The van der Waals surface area contributed by atoms with E-state index >= 15 is 0 Å². The summed E-state index contributed by atoms with van der Waals surface area (Å²) < 4.78 is 5.50. The zero-order chi connectivity index (χ0) is 17.0. The fourth-order valence-electron chi connectivity index (χ4n) is 2.07. The van der Waals surface area contributed by atoms with Gasteiger partial charge < -0.3 is 15.4 Å². The molecule has 0 radical (unpaired) electrons. The highest BCUT2D eigenvalue weighted by molar-refractivity contribution is 5.94. The van der Waals surface area contributed by atoms with Gasteiger partial charge in [-0.3, -0.25) is 9.59 Å². The standard InChI is InChI=1S/C18H20N2O3/c1-12(17(19)21)23-16-6-4-5-15(11-16)13-7-9-14(10-8-13)18(22)20(2)3/h4-12H,1-3H3,(H2,19,21). The number of benzene rings is 2. The molecule has 2 aromatic rings. The van der Waals surface area contributed by atoms with Crippen LogP contribution in [0.15, 0.2) is 48.5 Å². The normalized spacial score (nSPS) is 11.6. The van der Waals surface area contributed by atoms with E-state index in [1.807, 2.05) is 30.3 Å². The molecule has 2 N–H and O–H groups in total. The number of amides is 2. The van der Waals surface area contributed by atoms with E-state index in [0.29, 0.717) is 11.3 Å². The number of primary amides is 1. The number of carbonyl (C=O) groups excluding carboxylic acids is 2. The predicted octanol–water partition coefficient (Wildman–Crippen LogP) is 2.31. The number of carbonyl (C=O) groups is 2. The van der Waals surface area contributed by atoms with Gasteiger partial charge in [-0.1, -0.05) is 24.3 Å². The minimum absolute atomic E-state index is 0.0380. The van der Waals surface area contributed by atoms with Crippen molar-refractivity contribution in [2.75, 3.05) is 14.1 Å². The summed E-state index contributed by atoms with van der Waals surface area (Å²) in [5, 5.41) is 0. The van der Waals surface area contributed by atoms with Gasteiger partial charge in [0.25, 0.3) is 11.8 Å². The van der Waals surface area contributed by atoms with Gasteiger partial charge in [0.2, 0.25) is 0 Å². The lowest BCUT2D eigenvalue weighted by atomic mass is 10.0. The lowest BCUT2D eigenvalue weighted by Crippen LogP contribution is -2.30. The van der Waals surface area contributed by atoms with Crippen LogP contribution < -0.4 is 10.5 Å². The molecule has 5 nitrogen and oxygen atoms in total. The Morgan fingerprint density at radius 1 is 1.04 bits per heavy atom. The number of ether oxygens (including phenoxy) is 1. The average molecular weight is 312 g/mol. The third-order valence-electron chi connectivity index (χ3n) is 3.42. The zero-order valence-electron chi connectivity index (χ0n) is 13.4. The van der Waals surface area contributed by atoms with E-state index in [4.69, 9.17) is 10.5 Å². The van der Waals surface area contributed by atoms with Gasteiger partial charge in [0.1, 0.15) is 5.75 Å². The number of nitrogens with two attached hydrogens (primary N) is 1. The van der Waals surface area contributed by atoms with Gasteiger partial charge in [0, 0.05) is 19.7 Å². The summed E-state index contributed by atoms with van der Waals surface area (Å²) in [5.74, 6) is 0.0214. The second-order valence-corrected chi connectivity index (χ2v) is 5.47. The molecule has 0 aliphatic rings. The molecule has 0 spiro atoms. The van der Waals surface area contributed by atoms with Crippen molar-refractivity contribution in [3.63, 3.8) is 0 Å². The molecule has 5 heteroatoms. The topological polar surface area (TPSA) is 72.6 Å². The number of hydrogen-bond donors (Lipinski definition) is 1. The highest BCUT2D eigenvalue weighted by Gasteiger charge is 2.11. The molecular formula is C18H20N2O3. The Labute approximate surface area is 135 Å². The minimum atomic E-state index is -0.690. The first-order chi connectivity index (χ1) is 10.9. The van der Waals surface area contributed by atoms with Gasteiger partial charge in [-0.2, -0.15) is 0 Å². The molecule has 0 aliphatic heterocycles. The summed E-state index contributed by atoms with van der Waals surface area (Å²) in [5.41, 5.74) is 7.72. The van der Waals surface area contributed by atoms with E-state index in [1.54, 1.807) is 39.2 Å². The van der Waals surface area contributed by atoms with Crippen molar-refractivity contribution >= 4 is 11.8 Å². The van der Waals surface area contributed by atoms with Crippen LogP contribution in [0.3, 0.4) is 0 Å². The largest absolute Gasteiger partial charge is 0.481 e. The SMILES string of the molecule is CC(Oc1cccc(-c2ccc(C(=O)N(C)C)cc2)c1)C(N)=O. The quantitative estimate of drug-likeness (QED) is 0.921. The Bertz CT molecular complexity index is 708. The van der Waals surface area contributed by atoms with Crippen molar-refractivity contribution < 1.29 is 14.3 Å². The van der Waals surface area contributed by atoms with Crippen LogP contribution in [0.1, 0.15) is 17.3 Å². The second kappa shape index (κ2) is 6.96. The van der Waals surface area contributed by atoms with Gasteiger partial charge in [0.05, 0.1) is 0 Å². The predicted molar refractivity (Wildman–Crippen MR) is 89.2 cm³/mol. The third kappa shape index (κ3) is 4.10. The summed E-state index contributed by atoms with van der Waals surface area (Å²) in [6.07, 6.45) is -0.690. The van der Waals surface area contributed by atoms with Crippen molar-refractivity contribution in [1.29, 1.82) is 0 Å². The molecule has 0 aliphatic carbocycles. The van der Waals surface area contributed by atoms with Crippen LogP contribution in [0.4, 0.5) is 0 Å². The lowest BCUT2D eigenvalue weighted by Gasteiger charge is -2.13. The van der Waals surface area contributed by atoms with E-state index in [9.17, 15) is 9.59 Å². The van der Waals surface area contributed by atoms with Crippen LogP contribution in [-0.2, 0) is 4.79 Å². The zero-order valence-corrected chi connectivity index (χ0v) is 13.4. The van der Waals surface area contributed by atoms with Crippen LogP contribution in [0.5, 0.6) is 5.75 Å². The first-order valence-electron chi connectivity index (χ1n) is 7.26.